The van der Waals surface area contributed by atoms with Crippen LogP contribution < -0.4 is 4.74 Å². The molecule has 0 unspecified atom stereocenters. The van der Waals surface area contributed by atoms with Crippen molar-refractivity contribution in [2.45, 2.75) is 45.4 Å². The standard InChI is InChI=1S/C23H28N2O6/c1-22(2,3)31-20(27)23(4)18-11-12-24(21(28)30-6)14-17(18)19(26)25(23)13-15-7-9-16(29-5)10-8-15/h7-12,14,18H,13H2,1-6H3/t18-,23+/m0/s1. The first-order valence-corrected chi connectivity index (χ1v) is 9.96. The van der Waals surface area contributed by atoms with Gasteiger partial charge in [-0.05, 0) is 45.4 Å². The molecule has 166 valence electrons. The number of nitrogens with zero attached hydrogens (tertiary/aromatic N) is 2. The zero-order chi connectivity index (χ0) is 23.0. The monoisotopic (exact) mass is 428 g/mol. The van der Waals surface area contributed by atoms with Gasteiger partial charge in [0, 0.05) is 30.4 Å². The van der Waals surface area contributed by atoms with E-state index in [1.165, 1.54) is 29.3 Å². The molecule has 1 saturated heterocycles. The molecule has 3 rings (SSSR count). The lowest BCUT2D eigenvalue weighted by Crippen LogP contribution is -2.54. The molecular formula is C23H28N2O6. The molecule has 1 aromatic rings. The molecule has 31 heavy (non-hydrogen) atoms. The number of ether oxygens (including phenoxy) is 3. The van der Waals surface area contributed by atoms with Crippen molar-refractivity contribution in [1.82, 2.24) is 9.80 Å². The summed E-state index contributed by atoms with van der Waals surface area (Å²) in [4.78, 5) is 41.4. The van der Waals surface area contributed by atoms with E-state index in [1.807, 2.05) is 12.1 Å². The fraction of sp³-hybridized carbons (Fsp3) is 0.435. The molecule has 2 amide bonds. The van der Waals surface area contributed by atoms with Crippen LogP contribution in [0.4, 0.5) is 4.79 Å². The number of rotatable bonds is 4. The molecule has 0 spiro atoms. The number of methoxy groups -OCH3 is 2. The Morgan fingerprint density at radius 3 is 2.32 bits per heavy atom. The highest BCUT2D eigenvalue weighted by molar-refractivity contribution is 6.04. The van der Waals surface area contributed by atoms with E-state index in [1.54, 1.807) is 53.0 Å². The van der Waals surface area contributed by atoms with E-state index >= 15 is 0 Å². The Kier molecular flexibility index (Phi) is 5.85. The van der Waals surface area contributed by atoms with Gasteiger partial charge in [-0.2, -0.15) is 0 Å². The van der Waals surface area contributed by atoms with E-state index in [2.05, 4.69) is 0 Å². The van der Waals surface area contributed by atoms with Crippen molar-refractivity contribution in [2.75, 3.05) is 14.2 Å². The number of hydrogen-bond donors (Lipinski definition) is 0. The van der Waals surface area contributed by atoms with E-state index in [0.717, 1.165) is 5.56 Å². The molecular weight excluding hydrogens is 400 g/mol. The average molecular weight is 428 g/mol. The predicted molar refractivity (Wildman–Crippen MR) is 113 cm³/mol. The minimum atomic E-state index is -1.28. The Morgan fingerprint density at radius 1 is 1.13 bits per heavy atom. The largest absolute Gasteiger partial charge is 0.497 e. The van der Waals surface area contributed by atoms with E-state index in [-0.39, 0.29) is 12.5 Å². The summed E-state index contributed by atoms with van der Waals surface area (Å²) >= 11 is 0. The van der Waals surface area contributed by atoms with E-state index in [0.29, 0.717) is 11.3 Å². The van der Waals surface area contributed by atoms with Crippen molar-refractivity contribution in [3.63, 3.8) is 0 Å². The number of hydrogen-bond acceptors (Lipinski definition) is 6. The average Bonchev–Trinajstić information content (AvgIpc) is 2.95. The van der Waals surface area contributed by atoms with Crippen molar-refractivity contribution in [2.24, 2.45) is 5.92 Å². The van der Waals surface area contributed by atoms with Crippen LogP contribution in [0, 0.1) is 5.92 Å². The van der Waals surface area contributed by atoms with Crippen LogP contribution in [0.1, 0.15) is 33.3 Å². The van der Waals surface area contributed by atoms with Crippen LogP contribution in [0.5, 0.6) is 5.75 Å². The van der Waals surface area contributed by atoms with Crippen LogP contribution in [0.3, 0.4) is 0 Å². The van der Waals surface area contributed by atoms with Crippen LogP contribution in [0.2, 0.25) is 0 Å². The maximum atomic E-state index is 13.4. The Labute approximate surface area is 182 Å². The molecule has 0 aromatic heterocycles. The summed E-state index contributed by atoms with van der Waals surface area (Å²) in [6.45, 7) is 7.24. The fourth-order valence-electron chi connectivity index (χ4n) is 3.76. The van der Waals surface area contributed by atoms with Crippen LogP contribution in [-0.4, -0.2) is 53.1 Å². The number of likely N-dealkylation sites (tertiary alicyclic amines) is 1. The number of amides is 2. The fourth-order valence-corrected chi connectivity index (χ4v) is 3.76. The first kappa shape index (κ1) is 22.4. The number of carbonyl (C=O) groups is 3. The minimum absolute atomic E-state index is 0.193. The highest BCUT2D eigenvalue weighted by Gasteiger charge is 2.59. The normalized spacial score (nSPS) is 22.7. The van der Waals surface area contributed by atoms with Crippen LogP contribution >= 0.6 is 0 Å². The third kappa shape index (κ3) is 4.15. The second-order valence-electron chi connectivity index (χ2n) is 8.67. The number of esters is 1. The molecule has 2 heterocycles. The smallest absolute Gasteiger partial charge is 0.417 e. The van der Waals surface area contributed by atoms with Gasteiger partial charge >= 0.3 is 12.1 Å². The maximum absolute atomic E-state index is 13.4. The Morgan fingerprint density at radius 2 is 1.77 bits per heavy atom. The highest BCUT2D eigenvalue weighted by atomic mass is 16.6. The summed E-state index contributed by atoms with van der Waals surface area (Å²) in [6, 6.07) is 7.28. The van der Waals surface area contributed by atoms with Gasteiger partial charge in [-0.25, -0.2) is 9.59 Å². The summed E-state index contributed by atoms with van der Waals surface area (Å²) in [5, 5.41) is 0. The topological polar surface area (TPSA) is 85.4 Å². The highest BCUT2D eigenvalue weighted by Crippen LogP contribution is 2.44. The van der Waals surface area contributed by atoms with E-state index in [9.17, 15) is 14.4 Å². The van der Waals surface area contributed by atoms with Crippen molar-refractivity contribution in [3.05, 3.63) is 53.9 Å². The molecule has 2 atom stereocenters. The second kappa shape index (κ2) is 8.09. The maximum Gasteiger partial charge on any atom is 0.417 e. The van der Waals surface area contributed by atoms with E-state index in [4.69, 9.17) is 14.2 Å². The van der Waals surface area contributed by atoms with Gasteiger partial charge < -0.3 is 19.1 Å². The summed E-state index contributed by atoms with van der Waals surface area (Å²) in [6.07, 6.45) is 3.98. The van der Waals surface area contributed by atoms with Gasteiger partial charge in [0.05, 0.1) is 14.2 Å². The molecule has 0 N–H and O–H groups in total. The first-order valence-electron chi connectivity index (χ1n) is 9.96. The minimum Gasteiger partial charge on any atom is -0.497 e. The van der Waals surface area contributed by atoms with Crippen molar-refractivity contribution in [3.8, 4) is 5.75 Å². The number of carbonyl (C=O) groups excluding carboxylic acids is 3. The molecule has 2 aliphatic heterocycles. The zero-order valence-corrected chi connectivity index (χ0v) is 18.7. The molecule has 0 saturated carbocycles. The molecule has 1 fully saturated rings. The Balaban J connectivity index is 2.02. The molecule has 0 radical (unpaired) electrons. The Bertz CT molecular complexity index is 944. The van der Waals surface area contributed by atoms with Gasteiger partial charge in [-0.15, -0.1) is 0 Å². The number of benzene rings is 1. The van der Waals surface area contributed by atoms with Gasteiger partial charge in [0.15, 0.2) is 0 Å². The third-order valence-corrected chi connectivity index (χ3v) is 5.41. The Hall–Kier alpha value is -3.29. The summed E-state index contributed by atoms with van der Waals surface area (Å²) < 4.78 is 15.6. The molecule has 2 aliphatic rings. The lowest BCUT2D eigenvalue weighted by Gasteiger charge is -2.38. The number of fused-ring (bicyclic) bond motifs is 1. The van der Waals surface area contributed by atoms with Crippen molar-refractivity contribution < 1.29 is 28.6 Å². The van der Waals surface area contributed by atoms with Crippen molar-refractivity contribution in [1.29, 1.82) is 0 Å². The summed E-state index contributed by atoms with van der Waals surface area (Å²) in [5.41, 5.74) is -0.848. The van der Waals surface area contributed by atoms with Gasteiger partial charge in [0.2, 0.25) is 0 Å². The lowest BCUT2D eigenvalue weighted by molar-refractivity contribution is -0.171. The van der Waals surface area contributed by atoms with Gasteiger partial charge in [-0.1, -0.05) is 18.2 Å². The van der Waals surface area contributed by atoms with E-state index < -0.39 is 29.1 Å². The summed E-state index contributed by atoms with van der Waals surface area (Å²) in [5.74, 6) is -0.729. The molecule has 0 bridgehead atoms. The van der Waals surface area contributed by atoms with Gasteiger partial charge in [0.1, 0.15) is 16.9 Å². The van der Waals surface area contributed by atoms with Crippen LogP contribution in [0.15, 0.2) is 48.3 Å². The van der Waals surface area contributed by atoms with Gasteiger partial charge in [0.25, 0.3) is 5.91 Å². The molecule has 8 nitrogen and oxygen atoms in total. The van der Waals surface area contributed by atoms with Gasteiger partial charge in [-0.3, -0.25) is 9.69 Å². The lowest BCUT2D eigenvalue weighted by atomic mass is 9.82. The first-order chi connectivity index (χ1) is 14.5. The predicted octanol–water partition coefficient (Wildman–Crippen LogP) is 3.23. The molecule has 8 heteroatoms. The molecule has 0 aliphatic carbocycles. The quantitative estimate of drug-likeness (QED) is 0.685. The van der Waals surface area contributed by atoms with Crippen LogP contribution in [-0.2, 0) is 25.6 Å². The summed E-state index contributed by atoms with van der Waals surface area (Å²) in [7, 11) is 2.84. The van der Waals surface area contributed by atoms with Crippen molar-refractivity contribution >= 4 is 18.0 Å². The zero-order valence-electron chi connectivity index (χ0n) is 18.7. The SMILES string of the molecule is COC(=O)N1C=C[C@H]2C(=C1)C(=O)N(Cc1ccc(OC)cc1)[C@@]2(C)C(=O)OC(C)(C)C. The second-order valence-corrected chi connectivity index (χ2v) is 8.67. The molecule has 1 aromatic carbocycles. The van der Waals surface area contributed by atoms with Crippen LogP contribution in [0.25, 0.3) is 0 Å². The third-order valence-electron chi connectivity index (χ3n) is 5.41.